The highest BCUT2D eigenvalue weighted by atomic mass is 33.1. The molecule has 0 aliphatic carbocycles. The van der Waals surface area contributed by atoms with Crippen molar-refractivity contribution in [3.8, 4) is 11.8 Å². The smallest absolute Gasteiger partial charge is 0.220 e. The third-order valence-corrected chi connectivity index (χ3v) is 4.62. The first kappa shape index (κ1) is 15.7. The molecule has 0 aliphatic heterocycles. The molecule has 4 N–H and O–H groups in total. The van der Waals surface area contributed by atoms with Gasteiger partial charge < -0.3 is 15.9 Å². The zero-order valence-electron chi connectivity index (χ0n) is 11.2. The molecule has 0 spiro atoms. The molecule has 6 nitrogen and oxygen atoms in total. The van der Waals surface area contributed by atoms with Gasteiger partial charge in [0, 0.05) is 37.3 Å². The van der Waals surface area contributed by atoms with Crippen molar-refractivity contribution in [3.05, 3.63) is 30.5 Å². The topological polar surface area (TPSA) is 96.7 Å². The molecule has 8 heteroatoms. The molecule has 0 saturated heterocycles. The number of hydrogen-bond acceptors (Lipinski definition) is 7. The number of rotatable bonds is 7. The molecular weight excluding hydrogens is 308 g/mol. The lowest BCUT2D eigenvalue weighted by atomic mass is 10.5. The van der Waals surface area contributed by atoms with Crippen molar-refractivity contribution in [2.45, 2.75) is 11.6 Å². The van der Waals surface area contributed by atoms with Crippen LogP contribution in [0.5, 0.6) is 11.8 Å². The minimum atomic E-state index is -0.0726. The van der Waals surface area contributed by atoms with E-state index in [9.17, 15) is 10.2 Å². The van der Waals surface area contributed by atoms with Gasteiger partial charge in [-0.1, -0.05) is 16.9 Å². The van der Waals surface area contributed by atoms with Gasteiger partial charge in [0.15, 0.2) is 5.88 Å². The molecule has 0 aliphatic rings. The van der Waals surface area contributed by atoms with Gasteiger partial charge in [-0.3, -0.25) is 9.56 Å². The third kappa shape index (κ3) is 4.42. The summed E-state index contributed by atoms with van der Waals surface area (Å²) < 4.78 is 1.32. The van der Waals surface area contributed by atoms with Crippen molar-refractivity contribution in [1.29, 1.82) is 0 Å². The second kappa shape index (κ2) is 7.96. The Labute approximate surface area is 130 Å². The fourth-order valence-electron chi connectivity index (χ4n) is 1.61. The molecule has 21 heavy (non-hydrogen) atoms. The largest absolute Gasteiger partial charge is 0.494 e. The van der Waals surface area contributed by atoms with Crippen molar-refractivity contribution in [2.75, 3.05) is 12.3 Å². The van der Waals surface area contributed by atoms with Gasteiger partial charge in [0.25, 0.3) is 0 Å². The minimum Gasteiger partial charge on any atom is -0.494 e. The normalized spacial score (nSPS) is 11.3. The molecule has 0 aromatic carbocycles. The first-order valence-corrected chi connectivity index (χ1v) is 8.59. The zero-order chi connectivity index (χ0) is 15.1. The Bertz CT molecular complexity index is 602. The van der Waals surface area contributed by atoms with Gasteiger partial charge in [0.05, 0.1) is 0 Å². The van der Waals surface area contributed by atoms with Crippen molar-refractivity contribution in [3.63, 3.8) is 0 Å². The van der Waals surface area contributed by atoms with Crippen LogP contribution < -0.4 is 5.73 Å². The lowest BCUT2D eigenvalue weighted by molar-refractivity contribution is 0.370. The quantitative estimate of drug-likeness (QED) is 0.411. The van der Waals surface area contributed by atoms with Crippen molar-refractivity contribution in [2.24, 2.45) is 10.7 Å². The third-order valence-electron chi connectivity index (χ3n) is 2.53. The molecule has 2 aromatic heterocycles. The second-order valence-electron chi connectivity index (χ2n) is 4.00. The maximum Gasteiger partial charge on any atom is 0.220 e. The lowest BCUT2D eigenvalue weighted by Gasteiger charge is -2.03. The highest BCUT2D eigenvalue weighted by Crippen LogP contribution is 2.34. The van der Waals surface area contributed by atoms with E-state index < -0.39 is 0 Å². The number of aliphatic imine (C=N–C) groups is 1. The van der Waals surface area contributed by atoms with Crippen LogP contribution in [0.25, 0.3) is 0 Å². The predicted molar refractivity (Wildman–Crippen MR) is 87.5 cm³/mol. The molecule has 0 atom stereocenters. The van der Waals surface area contributed by atoms with E-state index in [1.54, 1.807) is 34.0 Å². The van der Waals surface area contributed by atoms with Crippen LogP contribution >= 0.6 is 21.6 Å². The van der Waals surface area contributed by atoms with E-state index in [4.69, 9.17) is 5.73 Å². The minimum absolute atomic E-state index is 0.0411. The Morgan fingerprint density at radius 2 is 2.24 bits per heavy atom. The van der Waals surface area contributed by atoms with E-state index >= 15 is 0 Å². The van der Waals surface area contributed by atoms with E-state index in [-0.39, 0.29) is 11.8 Å². The molecule has 2 aromatic rings. The summed E-state index contributed by atoms with van der Waals surface area (Å²) in [5.41, 5.74) is 5.75. The van der Waals surface area contributed by atoms with E-state index in [1.165, 1.54) is 10.6 Å². The monoisotopic (exact) mass is 324 g/mol. The summed E-state index contributed by atoms with van der Waals surface area (Å²) >= 11 is 0. The van der Waals surface area contributed by atoms with Crippen LogP contribution in [0.1, 0.15) is 0 Å². The molecule has 0 fully saturated rings. The Morgan fingerprint density at radius 3 is 2.95 bits per heavy atom. The highest BCUT2D eigenvalue weighted by Gasteiger charge is 2.11. The van der Waals surface area contributed by atoms with Crippen LogP contribution in [-0.4, -0.2) is 38.3 Å². The van der Waals surface area contributed by atoms with Crippen LogP contribution in [0, 0.1) is 0 Å². The van der Waals surface area contributed by atoms with Crippen molar-refractivity contribution < 1.29 is 10.2 Å². The number of nitrogens with zero attached hydrogens (tertiary/aromatic N) is 3. The van der Waals surface area contributed by atoms with E-state index in [0.717, 1.165) is 5.03 Å². The highest BCUT2D eigenvalue weighted by molar-refractivity contribution is 8.76. The SMILES string of the molecule is NCCn1c(O)cc(N=CCSSc2ccccn2)c1O. The van der Waals surface area contributed by atoms with Crippen LogP contribution in [0.15, 0.2) is 40.5 Å². The van der Waals surface area contributed by atoms with E-state index in [0.29, 0.717) is 24.5 Å². The van der Waals surface area contributed by atoms with Gasteiger partial charge in [-0.05, 0) is 22.9 Å². The van der Waals surface area contributed by atoms with Crippen LogP contribution in [0.4, 0.5) is 5.69 Å². The second-order valence-corrected chi connectivity index (χ2v) is 6.36. The molecule has 0 amide bonds. The van der Waals surface area contributed by atoms with Gasteiger partial charge in [-0.25, -0.2) is 4.98 Å². The number of nitrogens with two attached hydrogens (primary N) is 1. The molecular formula is C13H16N4O2S2. The molecule has 112 valence electrons. The summed E-state index contributed by atoms with van der Waals surface area (Å²) in [6.45, 7) is 0.674. The Balaban J connectivity index is 1.86. The number of pyridine rings is 1. The van der Waals surface area contributed by atoms with Crippen molar-refractivity contribution in [1.82, 2.24) is 9.55 Å². The zero-order valence-corrected chi connectivity index (χ0v) is 12.8. The first-order valence-electron chi connectivity index (χ1n) is 6.27. The maximum atomic E-state index is 9.89. The standard InChI is InChI=1S/C13H16N4O2S2/c14-4-7-17-12(18)9-10(13(17)19)15-6-8-20-21-11-3-1-2-5-16-11/h1-3,5-6,9,18-19H,4,7-8,14H2. The summed E-state index contributed by atoms with van der Waals surface area (Å²) in [5.74, 6) is 0.543. The summed E-state index contributed by atoms with van der Waals surface area (Å²) in [6.07, 6.45) is 3.43. The van der Waals surface area contributed by atoms with E-state index in [1.807, 2.05) is 18.2 Å². The Morgan fingerprint density at radius 1 is 1.38 bits per heavy atom. The number of aromatic nitrogens is 2. The first-order chi connectivity index (χ1) is 10.2. The van der Waals surface area contributed by atoms with Crippen LogP contribution in [0.2, 0.25) is 0 Å². The molecule has 2 rings (SSSR count). The van der Waals surface area contributed by atoms with Gasteiger partial charge in [0.2, 0.25) is 5.88 Å². The van der Waals surface area contributed by atoms with Gasteiger partial charge in [-0.15, -0.1) is 0 Å². The number of hydrogen-bond donors (Lipinski definition) is 3. The molecule has 0 bridgehead atoms. The van der Waals surface area contributed by atoms with Gasteiger partial charge in [-0.2, -0.15) is 0 Å². The summed E-state index contributed by atoms with van der Waals surface area (Å²) in [4.78, 5) is 8.34. The molecule has 0 saturated carbocycles. The van der Waals surface area contributed by atoms with Crippen LogP contribution in [-0.2, 0) is 6.54 Å². The lowest BCUT2D eigenvalue weighted by Crippen LogP contribution is -2.08. The fraction of sp³-hybridized carbons (Fsp3) is 0.231. The van der Waals surface area contributed by atoms with Crippen molar-refractivity contribution >= 4 is 33.5 Å². The van der Waals surface area contributed by atoms with Gasteiger partial charge >= 0.3 is 0 Å². The summed E-state index contributed by atoms with van der Waals surface area (Å²) in [6, 6.07) is 7.16. The molecule has 2 heterocycles. The predicted octanol–water partition coefficient (Wildman–Crippen LogP) is 2.40. The Hall–Kier alpha value is -1.64. The Kier molecular flexibility index (Phi) is 5.97. The summed E-state index contributed by atoms with van der Waals surface area (Å²) in [7, 11) is 3.14. The van der Waals surface area contributed by atoms with E-state index in [2.05, 4.69) is 9.98 Å². The average molecular weight is 324 g/mol. The van der Waals surface area contributed by atoms with Crippen LogP contribution in [0.3, 0.4) is 0 Å². The maximum absolute atomic E-state index is 9.89. The number of aromatic hydroxyl groups is 2. The molecule has 0 unspecified atom stereocenters. The fourth-order valence-corrected chi connectivity index (χ4v) is 3.22. The summed E-state index contributed by atoms with van der Waals surface area (Å²) in [5, 5.41) is 20.5. The average Bonchev–Trinajstić information content (AvgIpc) is 2.76. The van der Waals surface area contributed by atoms with Gasteiger partial charge in [0.1, 0.15) is 10.7 Å². The molecule has 0 radical (unpaired) electrons.